The number of benzene rings is 1. The van der Waals surface area contributed by atoms with E-state index in [9.17, 15) is 9.59 Å². The molecule has 16 nitrogen and oxygen atoms in total. The molecule has 0 radical (unpaired) electrons. The number of anilines is 1. The highest BCUT2D eigenvalue weighted by molar-refractivity contribution is 7.88. The fraction of sp³-hybridized carbons (Fsp3) is 0.440. The van der Waals surface area contributed by atoms with E-state index in [0.717, 1.165) is 22.0 Å². The van der Waals surface area contributed by atoms with E-state index in [1.165, 1.54) is 0 Å². The lowest BCUT2D eigenvalue weighted by Gasteiger charge is -2.50. The lowest BCUT2D eigenvalue weighted by Crippen LogP contribution is -2.76. The summed E-state index contributed by atoms with van der Waals surface area (Å²) in [5.74, 6) is -0.210. The Balaban J connectivity index is 0.00000206. The smallest absolute Gasteiger partial charge is 0.290 e. The molecule has 0 spiro atoms. The van der Waals surface area contributed by atoms with Gasteiger partial charge >= 0.3 is 0 Å². The molecular weight excluding hydrogens is 604 g/mol. The van der Waals surface area contributed by atoms with Crippen LogP contribution in [0.5, 0.6) is 5.75 Å². The Hall–Kier alpha value is -3.97. The molecule has 0 saturated carbocycles. The minimum atomic E-state index is -0.923. The number of rotatable bonds is 14. The van der Waals surface area contributed by atoms with Crippen LogP contribution < -0.4 is 26.8 Å². The number of likely N-dealkylation sites (N-methyl/N-ethyl adjacent to an activating group) is 1. The van der Waals surface area contributed by atoms with E-state index in [0.29, 0.717) is 18.1 Å². The number of nitrogens with one attached hydrogen (secondary N) is 2. The molecule has 3 rings (SSSR count). The number of β-lactam (4-membered cyclic amide) rings is 1. The maximum absolute atomic E-state index is 13.0. The van der Waals surface area contributed by atoms with Crippen LogP contribution in [0.15, 0.2) is 39.8 Å². The van der Waals surface area contributed by atoms with Gasteiger partial charge in [-0.25, -0.2) is 4.98 Å². The molecule has 1 aromatic carbocycles. The van der Waals surface area contributed by atoms with E-state index in [4.69, 9.17) is 39.8 Å². The molecule has 43 heavy (non-hydrogen) atoms. The fourth-order valence-corrected chi connectivity index (χ4v) is 4.32. The van der Waals surface area contributed by atoms with Gasteiger partial charge in [0, 0.05) is 16.5 Å². The zero-order chi connectivity index (χ0) is 32.2. The molecule has 2 amide bonds. The predicted molar refractivity (Wildman–Crippen MR) is 163 cm³/mol. The Labute approximate surface area is 256 Å². The van der Waals surface area contributed by atoms with E-state index in [2.05, 4.69) is 25.8 Å². The maximum Gasteiger partial charge on any atom is 0.290 e. The summed E-state index contributed by atoms with van der Waals surface area (Å²) >= 11 is 1.16. The van der Waals surface area contributed by atoms with Crippen molar-refractivity contribution in [3.8, 4) is 5.75 Å². The number of carbonyl (C=O) groups is 3. The molecule has 1 atom stereocenters. The third-order valence-electron chi connectivity index (χ3n) is 6.11. The van der Waals surface area contributed by atoms with E-state index in [1.54, 1.807) is 31.4 Å². The Morgan fingerprint density at radius 2 is 1.95 bits per heavy atom. The Bertz CT molecular complexity index is 1300. The summed E-state index contributed by atoms with van der Waals surface area (Å²) in [4.78, 5) is 47.6. The van der Waals surface area contributed by atoms with E-state index >= 15 is 0 Å². The zero-order valence-electron chi connectivity index (χ0n) is 24.3. The molecule has 1 fully saturated rings. The van der Waals surface area contributed by atoms with Crippen LogP contribution in [0.3, 0.4) is 0 Å². The number of nitrogen functional groups attached to an aromatic ring is 1. The van der Waals surface area contributed by atoms with Gasteiger partial charge in [-0.05, 0) is 59.0 Å². The summed E-state index contributed by atoms with van der Waals surface area (Å²) in [6, 6.07) is 6.22. The van der Waals surface area contributed by atoms with E-state index in [1.807, 2.05) is 33.0 Å². The molecule has 2 aromatic rings. The predicted octanol–water partition coefficient (Wildman–Crippen LogP) is 1.09. The highest BCUT2D eigenvalue weighted by atomic mass is 32.2. The molecule has 8 N–H and O–H groups in total. The fourth-order valence-electron chi connectivity index (χ4n) is 3.44. The number of aliphatic imine (C=N–C) groups is 1. The number of aromatic nitrogens is 1. The number of oxime groups is 1. The highest BCUT2D eigenvalue weighted by Crippen LogP contribution is 2.33. The number of carbonyl (C=O) groups excluding carboxylic acids is 2. The van der Waals surface area contributed by atoms with Gasteiger partial charge in [0.15, 0.2) is 29.8 Å². The second kappa shape index (κ2) is 16.0. The number of ether oxygens (including phenoxy) is 1. The quantitative estimate of drug-likeness (QED) is 0.0323. The Morgan fingerprint density at radius 1 is 1.30 bits per heavy atom. The van der Waals surface area contributed by atoms with E-state index < -0.39 is 23.4 Å². The average molecular weight is 641 g/mol. The van der Waals surface area contributed by atoms with Crippen LogP contribution in [0.25, 0.3) is 0 Å². The first-order valence-electron chi connectivity index (χ1n) is 12.7. The largest absolute Gasteiger partial charge is 0.490 e. The van der Waals surface area contributed by atoms with Crippen molar-refractivity contribution in [1.82, 2.24) is 20.7 Å². The average Bonchev–Trinajstić information content (AvgIpc) is 3.41. The van der Waals surface area contributed by atoms with Crippen LogP contribution in [0.1, 0.15) is 39.0 Å². The molecule has 1 saturated heterocycles. The molecule has 1 aliphatic heterocycles. The van der Waals surface area contributed by atoms with Crippen molar-refractivity contribution in [3.63, 3.8) is 0 Å². The second-order valence-corrected chi connectivity index (χ2v) is 11.2. The zero-order valence-corrected chi connectivity index (χ0v) is 25.9. The Morgan fingerprint density at radius 3 is 2.49 bits per heavy atom. The first-order valence-corrected chi connectivity index (χ1v) is 14.2. The van der Waals surface area contributed by atoms with Crippen molar-refractivity contribution in [2.24, 2.45) is 15.9 Å². The van der Waals surface area contributed by atoms with Crippen molar-refractivity contribution in [2.45, 2.75) is 44.8 Å². The maximum atomic E-state index is 13.0. The number of thiazole rings is 1. The van der Waals surface area contributed by atoms with Gasteiger partial charge in [-0.15, -0.1) is 11.3 Å². The van der Waals surface area contributed by atoms with Gasteiger partial charge in [0.25, 0.3) is 18.3 Å². The number of hydrogen-bond acceptors (Lipinski definition) is 14. The number of hydrogen-bond donors (Lipinski definition) is 6. The molecule has 0 aliphatic carbocycles. The number of nitrogens with zero attached hydrogens (tertiary/aromatic N) is 4. The third-order valence-corrected chi connectivity index (χ3v) is 7.00. The second-order valence-electron chi connectivity index (χ2n) is 10.00. The highest BCUT2D eigenvalue weighted by Gasteiger charge is 2.57. The van der Waals surface area contributed by atoms with Crippen LogP contribution in [0.4, 0.5) is 5.13 Å². The third kappa shape index (κ3) is 9.79. The minimum Gasteiger partial charge on any atom is -0.490 e. The van der Waals surface area contributed by atoms with Gasteiger partial charge in [0.2, 0.25) is 0 Å². The van der Waals surface area contributed by atoms with E-state index in [-0.39, 0.29) is 54.1 Å². The van der Waals surface area contributed by atoms with Crippen molar-refractivity contribution in [3.05, 3.63) is 40.9 Å². The van der Waals surface area contributed by atoms with Gasteiger partial charge in [0.05, 0.1) is 12.1 Å². The molecule has 2 heterocycles. The first kappa shape index (κ1) is 35.2. The van der Waals surface area contributed by atoms with Gasteiger partial charge < -0.3 is 41.3 Å². The first-order chi connectivity index (χ1) is 20.3. The van der Waals surface area contributed by atoms with Crippen LogP contribution in [0, 0.1) is 0 Å². The summed E-state index contributed by atoms with van der Waals surface area (Å²) in [7, 11) is 1.87. The summed E-state index contributed by atoms with van der Waals surface area (Å²) in [5.41, 5.74) is 11.5. The molecule has 0 unspecified atom stereocenters. The van der Waals surface area contributed by atoms with Crippen LogP contribution >= 0.6 is 23.7 Å². The number of amidine groups is 1. The van der Waals surface area contributed by atoms with Crippen molar-refractivity contribution >= 4 is 58.6 Å². The molecule has 0 bridgehead atoms. The molecule has 236 valence electrons. The van der Waals surface area contributed by atoms with Gasteiger partial charge in [0.1, 0.15) is 29.9 Å². The summed E-state index contributed by atoms with van der Waals surface area (Å²) in [6.07, 6.45) is 0. The normalized spacial score (nSPS) is 16.5. The lowest BCUT2D eigenvalue weighted by atomic mass is 9.84. The summed E-state index contributed by atoms with van der Waals surface area (Å²) in [6.45, 7) is 7.83. The number of nitrogens with two attached hydrogens (primary N) is 2. The monoisotopic (exact) mass is 640 g/mol. The molecule has 18 heteroatoms. The van der Waals surface area contributed by atoms with Crippen LogP contribution in [-0.4, -0.2) is 93.5 Å². The summed E-state index contributed by atoms with van der Waals surface area (Å²) in [5, 5.41) is 19.4. The van der Waals surface area contributed by atoms with Crippen molar-refractivity contribution in [1.29, 1.82) is 0 Å². The Kier molecular flexibility index (Phi) is 13.1. The number of amides is 2. The SMILES string of the molecule is CNC(C)(C)CN=C(N)c1ccc(OCCO/N=C(\C(=O)N[C@@H]2C(=O)N(OSO)C2(C)C)c2csc(N)n2)cc1.O=CO. The van der Waals surface area contributed by atoms with Gasteiger partial charge in [-0.2, -0.15) is 9.35 Å². The summed E-state index contributed by atoms with van der Waals surface area (Å²) < 4.78 is 19.4. The lowest BCUT2D eigenvalue weighted by molar-refractivity contribution is -0.214. The van der Waals surface area contributed by atoms with Gasteiger partial charge in [-0.3, -0.25) is 19.4 Å². The minimum absolute atomic E-state index is 0.0179. The number of carboxylic acid groups (broad SMARTS) is 1. The topological polar surface area (TPSA) is 236 Å². The standard InChI is InChI=1S/C24H34N8O6S2.CH2O2/c1-23(2,27-5)13-28-19(25)14-6-8-15(9-7-14)36-10-11-37-31-17(16-12-39-22(26)29-16)20(33)30-18-21(34)32(38-40-35)24(18,3)4;2-1-3/h6-9,12,18,27,35H,10-11,13H2,1-5H3,(H2,25,28)(H2,26,29)(H,30,33);1H,(H,2,3)/b31-17-;/t18-;/m1./s1. The van der Waals surface area contributed by atoms with Crippen LogP contribution in [-0.2, 0) is 23.5 Å². The van der Waals surface area contributed by atoms with Crippen molar-refractivity contribution < 1.29 is 37.9 Å². The molecule has 1 aliphatic rings. The van der Waals surface area contributed by atoms with Gasteiger partial charge in [-0.1, -0.05) is 5.16 Å². The van der Waals surface area contributed by atoms with Crippen LogP contribution in [0.2, 0.25) is 0 Å². The molecular formula is C25H36N8O8S2. The number of hydroxylamine groups is 2. The van der Waals surface area contributed by atoms with Crippen molar-refractivity contribution in [2.75, 3.05) is 32.5 Å². The molecule has 1 aromatic heterocycles.